The first-order valence-electron chi connectivity index (χ1n) is 3.75. The van der Waals surface area contributed by atoms with E-state index < -0.39 is 0 Å². The van der Waals surface area contributed by atoms with Gasteiger partial charge in [-0.3, -0.25) is 4.68 Å². The van der Waals surface area contributed by atoms with Gasteiger partial charge >= 0.3 is 0 Å². The Labute approximate surface area is 70.5 Å². The van der Waals surface area contributed by atoms with Crippen molar-refractivity contribution in [2.75, 3.05) is 0 Å². The van der Waals surface area contributed by atoms with Crippen LogP contribution in [-0.2, 0) is 7.05 Å². The van der Waals surface area contributed by atoms with Crippen molar-refractivity contribution >= 4 is 0 Å². The maximum absolute atomic E-state index is 4.13. The molecule has 0 aliphatic heterocycles. The second kappa shape index (κ2) is 2.48. The van der Waals surface area contributed by atoms with Crippen molar-refractivity contribution in [2.45, 2.75) is 6.92 Å². The quantitative estimate of drug-likeness (QED) is 0.625. The summed E-state index contributed by atoms with van der Waals surface area (Å²) in [6.07, 6.45) is 7.51. The molecule has 0 unspecified atom stereocenters. The lowest BCUT2D eigenvalue weighted by Gasteiger charge is -1.92. The van der Waals surface area contributed by atoms with Gasteiger partial charge in [0.05, 0.1) is 23.9 Å². The van der Waals surface area contributed by atoms with E-state index in [0.717, 1.165) is 11.4 Å². The highest BCUT2D eigenvalue weighted by atomic mass is 15.3. The molecule has 0 fully saturated rings. The molecule has 0 atom stereocenters. The number of aromatic nitrogens is 4. The van der Waals surface area contributed by atoms with Gasteiger partial charge in [0.25, 0.3) is 0 Å². The summed E-state index contributed by atoms with van der Waals surface area (Å²) in [7, 11) is 1.90. The monoisotopic (exact) mass is 162 g/mol. The normalized spacial score (nSPS) is 10.5. The van der Waals surface area contributed by atoms with E-state index in [0.29, 0.717) is 0 Å². The van der Waals surface area contributed by atoms with Crippen LogP contribution < -0.4 is 0 Å². The fourth-order valence-corrected chi connectivity index (χ4v) is 1.10. The summed E-state index contributed by atoms with van der Waals surface area (Å²) in [5, 5.41) is 4.07. The second-order valence-electron chi connectivity index (χ2n) is 2.79. The Morgan fingerprint density at radius 3 is 2.67 bits per heavy atom. The van der Waals surface area contributed by atoms with Gasteiger partial charge in [-0.1, -0.05) is 0 Å². The summed E-state index contributed by atoms with van der Waals surface area (Å²) in [5.41, 5.74) is 2.05. The standard InChI is InChI=1S/C8H10N4/c1-7-4-12(6-9-7)8-3-10-11(2)5-8/h3-6H,1-2H3. The fraction of sp³-hybridized carbons (Fsp3) is 0.250. The van der Waals surface area contributed by atoms with E-state index >= 15 is 0 Å². The topological polar surface area (TPSA) is 35.6 Å². The van der Waals surface area contributed by atoms with Crippen molar-refractivity contribution in [3.8, 4) is 5.69 Å². The largest absolute Gasteiger partial charge is 0.303 e. The van der Waals surface area contributed by atoms with Gasteiger partial charge in [-0.05, 0) is 6.92 Å². The van der Waals surface area contributed by atoms with Crippen molar-refractivity contribution in [3.63, 3.8) is 0 Å². The summed E-state index contributed by atoms with van der Waals surface area (Å²) in [4.78, 5) is 4.13. The molecule has 0 bridgehead atoms. The summed E-state index contributed by atoms with van der Waals surface area (Å²) in [6.45, 7) is 1.97. The van der Waals surface area contributed by atoms with Crippen LogP contribution in [0.2, 0.25) is 0 Å². The molecule has 4 heteroatoms. The van der Waals surface area contributed by atoms with Crippen molar-refractivity contribution in [1.29, 1.82) is 0 Å². The van der Waals surface area contributed by atoms with Crippen LogP contribution in [0.4, 0.5) is 0 Å². The molecule has 62 valence electrons. The van der Waals surface area contributed by atoms with Crippen LogP contribution >= 0.6 is 0 Å². The average molecular weight is 162 g/mol. The van der Waals surface area contributed by atoms with Crippen molar-refractivity contribution in [2.24, 2.45) is 7.05 Å². The van der Waals surface area contributed by atoms with Crippen molar-refractivity contribution < 1.29 is 0 Å². The van der Waals surface area contributed by atoms with Crippen LogP contribution in [0.15, 0.2) is 24.9 Å². The molecule has 0 amide bonds. The lowest BCUT2D eigenvalue weighted by molar-refractivity contribution is 0.767. The van der Waals surface area contributed by atoms with E-state index in [-0.39, 0.29) is 0 Å². The van der Waals surface area contributed by atoms with Crippen LogP contribution in [-0.4, -0.2) is 19.3 Å². The molecule has 4 nitrogen and oxygen atoms in total. The first kappa shape index (κ1) is 7.09. The Morgan fingerprint density at radius 1 is 1.33 bits per heavy atom. The Morgan fingerprint density at radius 2 is 2.17 bits per heavy atom. The van der Waals surface area contributed by atoms with Gasteiger partial charge in [0, 0.05) is 19.4 Å². The molecule has 2 rings (SSSR count). The molecule has 2 heterocycles. The van der Waals surface area contributed by atoms with Crippen molar-refractivity contribution in [1.82, 2.24) is 19.3 Å². The highest BCUT2D eigenvalue weighted by Gasteiger charge is 1.98. The molecule has 0 radical (unpaired) electrons. The smallest absolute Gasteiger partial charge is 0.0996 e. The van der Waals surface area contributed by atoms with E-state index in [9.17, 15) is 0 Å². The molecule has 0 N–H and O–H groups in total. The Bertz CT molecular complexity index is 347. The van der Waals surface area contributed by atoms with E-state index in [1.165, 1.54) is 0 Å². The maximum Gasteiger partial charge on any atom is 0.0996 e. The summed E-state index contributed by atoms with van der Waals surface area (Å²) < 4.78 is 3.72. The van der Waals surface area contributed by atoms with Gasteiger partial charge in [-0.25, -0.2) is 4.98 Å². The average Bonchev–Trinajstić information content (AvgIpc) is 2.58. The Hall–Kier alpha value is -1.58. The summed E-state index contributed by atoms with van der Waals surface area (Å²) in [5.74, 6) is 0. The first-order chi connectivity index (χ1) is 5.75. The first-order valence-corrected chi connectivity index (χ1v) is 3.75. The lowest BCUT2D eigenvalue weighted by atomic mass is 10.5. The van der Waals surface area contributed by atoms with Gasteiger partial charge < -0.3 is 4.57 Å². The minimum Gasteiger partial charge on any atom is -0.303 e. The third-order valence-electron chi connectivity index (χ3n) is 1.70. The number of hydrogen-bond acceptors (Lipinski definition) is 2. The number of nitrogens with zero attached hydrogens (tertiary/aromatic N) is 4. The minimum absolute atomic E-state index is 1.01. The van der Waals surface area contributed by atoms with Crippen LogP contribution in [0.5, 0.6) is 0 Å². The molecule has 12 heavy (non-hydrogen) atoms. The van der Waals surface area contributed by atoms with Gasteiger partial charge in [0.2, 0.25) is 0 Å². The molecule has 0 aliphatic rings. The van der Waals surface area contributed by atoms with Crippen LogP contribution in [0, 0.1) is 6.92 Å². The van der Waals surface area contributed by atoms with E-state index in [4.69, 9.17) is 0 Å². The zero-order valence-electron chi connectivity index (χ0n) is 7.10. The summed E-state index contributed by atoms with van der Waals surface area (Å²) in [6, 6.07) is 0. The van der Waals surface area contributed by atoms with Crippen LogP contribution in [0.1, 0.15) is 5.69 Å². The van der Waals surface area contributed by atoms with Gasteiger partial charge in [-0.15, -0.1) is 0 Å². The Kier molecular flexibility index (Phi) is 1.46. The zero-order chi connectivity index (χ0) is 8.55. The number of hydrogen-bond donors (Lipinski definition) is 0. The third kappa shape index (κ3) is 1.11. The highest BCUT2D eigenvalue weighted by Crippen LogP contribution is 2.05. The predicted molar refractivity (Wildman–Crippen MR) is 45.1 cm³/mol. The van der Waals surface area contributed by atoms with Gasteiger partial charge in [0.15, 0.2) is 0 Å². The molecule has 0 spiro atoms. The van der Waals surface area contributed by atoms with E-state index in [2.05, 4.69) is 10.1 Å². The summed E-state index contributed by atoms with van der Waals surface area (Å²) >= 11 is 0. The molecular formula is C8H10N4. The predicted octanol–water partition coefficient (Wildman–Crippen LogP) is 0.914. The molecule has 2 aromatic rings. The minimum atomic E-state index is 1.01. The highest BCUT2D eigenvalue weighted by molar-refractivity contribution is 5.25. The second-order valence-corrected chi connectivity index (χ2v) is 2.79. The molecular weight excluding hydrogens is 152 g/mol. The van der Waals surface area contributed by atoms with Gasteiger partial charge in [0.1, 0.15) is 0 Å². The van der Waals surface area contributed by atoms with Crippen LogP contribution in [0.25, 0.3) is 5.69 Å². The molecule has 2 aromatic heterocycles. The molecule has 0 aromatic carbocycles. The molecule has 0 aliphatic carbocycles. The van der Waals surface area contributed by atoms with Crippen LogP contribution in [0.3, 0.4) is 0 Å². The number of rotatable bonds is 1. The zero-order valence-corrected chi connectivity index (χ0v) is 7.10. The number of aryl methyl sites for hydroxylation is 2. The SMILES string of the molecule is Cc1cn(-c2cnn(C)c2)cn1. The molecule has 0 saturated carbocycles. The number of imidazole rings is 1. The molecule has 0 saturated heterocycles. The lowest BCUT2D eigenvalue weighted by Crippen LogP contribution is -1.87. The third-order valence-corrected chi connectivity index (χ3v) is 1.70. The van der Waals surface area contributed by atoms with Gasteiger partial charge in [-0.2, -0.15) is 5.10 Å². The Balaban J connectivity index is 2.43. The fourth-order valence-electron chi connectivity index (χ4n) is 1.10. The van der Waals surface area contributed by atoms with E-state index in [1.807, 2.05) is 30.9 Å². The van der Waals surface area contributed by atoms with Crippen molar-refractivity contribution in [3.05, 3.63) is 30.6 Å². The maximum atomic E-state index is 4.13. The van der Waals surface area contributed by atoms with E-state index in [1.54, 1.807) is 17.2 Å².